The molecule has 0 aliphatic rings. The standard InChI is InChI=1S/C59H95NO7/c1-6-8-10-12-14-16-18-20-22-24-26-28-29-30-32-33-35-37-39-41-43-45-47-49-57(61)66-54-55(53-65-52-51-56(59(63)64)60(3,4)5)67-58(62)50-48-46-44-42-40-38-36-34-31-27-25-23-21-19-17-15-13-11-9-7-2/h8-11,14-17,20-23,26-28,30-32,36,38,55-56H,6-7,12-13,18-19,24-25,29,33-35,37,39-54H2,1-5H3/p+1/b10-8+,11-9+,16-14+,17-15+,22-20+,23-21+,28-26+,31-27+,32-30+,38-36+. The third-order valence-corrected chi connectivity index (χ3v) is 10.9. The van der Waals surface area contributed by atoms with Gasteiger partial charge in [-0.25, -0.2) is 4.79 Å². The molecule has 8 nitrogen and oxygen atoms in total. The maximum Gasteiger partial charge on any atom is 0.362 e. The molecule has 378 valence electrons. The van der Waals surface area contributed by atoms with Crippen LogP contribution >= 0.6 is 0 Å². The highest BCUT2D eigenvalue weighted by molar-refractivity contribution is 5.72. The maximum atomic E-state index is 12.8. The molecule has 0 saturated carbocycles. The first-order chi connectivity index (χ1) is 32.6. The SMILES string of the molecule is CC/C=C/C/C=C/C/C=C/C/C=C/C/C=C/CCCCCCCCCC(=O)OCC(COCCC(C(=O)O)[N+](C)(C)C)OC(=O)CCCCCC/C=C/C/C=C/C/C=C/C/C=C/C/C=C/CC. The van der Waals surface area contributed by atoms with Crippen LogP contribution in [0.15, 0.2) is 122 Å². The zero-order valence-corrected chi connectivity index (χ0v) is 43.1. The van der Waals surface area contributed by atoms with Gasteiger partial charge in [0, 0.05) is 19.3 Å². The number of allylic oxidation sites excluding steroid dienone is 20. The van der Waals surface area contributed by atoms with Gasteiger partial charge in [-0.15, -0.1) is 0 Å². The van der Waals surface area contributed by atoms with E-state index in [1.807, 2.05) is 21.1 Å². The molecule has 0 aromatic heterocycles. The lowest BCUT2D eigenvalue weighted by Gasteiger charge is -2.31. The van der Waals surface area contributed by atoms with Crippen molar-refractivity contribution in [3.63, 3.8) is 0 Å². The first-order valence-electron chi connectivity index (χ1n) is 26.1. The van der Waals surface area contributed by atoms with Crippen LogP contribution in [-0.2, 0) is 28.6 Å². The molecule has 1 N–H and O–H groups in total. The van der Waals surface area contributed by atoms with Crippen molar-refractivity contribution in [1.29, 1.82) is 0 Å². The molecular weight excluding hydrogens is 835 g/mol. The van der Waals surface area contributed by atoms with E-state index in [2.05, 4.69) is 135 Å². The molecule has 8 heteroatoms. The van der Waals surface area contributed by atoms with E-state index in [0.717, 1.165) is 128 Å². The van der Waals surface area contributed by atoms with Crippen LogP contribution in [-0.4, -0.2) is 80.6 Å². The van der Waals surface area contributed by atoms with Gasteiger partial charge < -0.3 is 23.8 Å². The number of carbonyl (C=O) groups excluding carboxylic acids is 2. The number of nitrogens with zero attached hydrogens (tertiary/aromatic N) is 1. The number of carbonyl (C=O) groups is 3. The Morgan fingerprint density at radius 1 is 0.448 bits per heavy atom. The van der Waals surface area contributed by atoms with Crippen LogP contribution in [0.3, 0.4) is 0 Å². The summed E-state index contributed by atoms with van der Waals surface area (Å²) in [5.41, 5.74) is 0. The molecule has 0 aromatic carbocycles. The number of esters is 2. The molecule has 0 amide bonds. The summed E-state index contributed by atoms with van der Waals surface area (Å²) in [6.45, 7) is 4.46. The number of ether oxygens (including phenoxy) is 3. The van der Waals surface area contributed by atoms with Crippen LogP contribution in [0.25, 0.3) is 0 Å². The van der Waals surface area contributed by atoms with E-state index >= 15 is 0 Å². The Balaban J connectivity index is 4.34. The molecule has 0 fully saturated rings. The largest absolute Gasteiger partial charge is 0.477 e. The Morgan fingerprint density at radius 2 is 0.791 bits per heavy atom. The van der Waals surface area contributed by atoms with Gasteiger partial charge in [0.1, 0.15) is 6.61 Å². The van der Waals surface area contributed by atoms with Crippen molar-refractivity contribution in [2.45, 2.75) is 193 Å². The number of hydrogen-bond acceptors (Lipinski definition) is 6. The first-order valence-corrected chi connectivity index (χ1v) is 26.1. The Kier molecular flexibility index (Phi) is 45.1. The summed E-state index contributed by atoms with van der Waals surface area (Å²) in [5.74, 6) is -1.53. The van der Waals surface area contributed by atoms with Crippen molar-refractivity contribution < 1.29 is 38.2 Å². The fraction of sp³-hybridized carbons (Fsp3) is 0.610. The molecule has 0 heterocycles. The molecule has 2 unspecified atom stereocenters. The lowest BCUT2D eigenvalue weighted by Crippen LogP contribution is -2.50. The Hall–Kier alpha value is -4.27. The van der Waals surface area contributed by atoms with E-state index in [1.165, 1.54) is 19.3 Å². The average molecular weight is 931 g/mol. The number of unbranched alkanes of at least 4 members (excludes halogenated alkanes) is 11. The highest BCUT2D eigenvalue weighted by atomic mass is 16.6. The third kappa shape index (κ3) is 46.6. The van der Waals surface area contributed by atoms with E-state index in [0.29, 0.717) is 12.8 Å². The zero-order valence-electron chi connectivity index (χ0n) is 43.1. The predicted molar refractivity (Wildman–Crippen MR) is 284 cm³/mol. The van der Waals surface area contributed by atoms with Gasteiger partial charge in [-0.05, 0) is 103 Å². The Morgan fingerprint density at radius 3 is 1.16 bits per heavy atom. The van der Waals surface area contributed by atoms with Gasteiger partial charge in [-0.2, -0.15) is 0 Å². The van der Waals surface area contributed by atoms with Crippen molar-refractivity contribution in [2.75, 3.05) is 41.0 Å². The summed E-state index contributed by atoms with van der Waals surface area (Å²) < 4.78 is 17.3. The highest BCUT2D eigenvalue weighted by Crippen LogP contribution is 2.13. The summed E-state index contributed by atoms with van der Waals surface area (Å²) in [6.07, 6.45) is 68.2. The molecule has 0 aliphatic heterocycles. The Bertz CT molecular complexity index is 1500. The van der Waals surface area contributed by atoms with Gasteiger partial charge in [0.25, 0.3) is 0 Å². The van der Waals surface area contributed by atoms with Crippen molar-refractivity contribution >= 4 is 17.9 Å². The van der Waals surface area contributed by atoms with Crippen LogP contribution in [0.1, 0.15) is 181 Å². The van der Waals surface area contributed by atoms with E-state index in [9.17, 15) is 19.5 Å². The van der Waals surface area contributed by atoms with E-state index in [4.69, 9.17) is 14.2 Å². The summed E-state index contributed by atoms with van der Waals surface area (Å²) in [6, 6.07) is -0.630. The van der Waals surface area contributed by atoms with Crippen molar-refractivity contribution in [3.8, 4) is 0 Å². The summed E-state index contributed by atoms with van der Waals surface area (Å²) in [7, 11) is 5.51. The lowest BCUT2D eigenvalue weighted by atomic mass is 10.1. The molecule has 0 bridgehead atoms. The van der Waals surface area contributed by atoms with Crippen LogP contribution in [0, 0.1) is 0 Å². The summed E-state index contributed by atoms with van der Waals surface area (Å²) >= 11 is 0. The number of hydrogen-bond donors (Lipinski definition) is 1. The van der Waals surface area contributed by atoms with Gasteiger partial charge in [0.2, 0.25) is 0 Å². The van der Waals surface area contributed by atoms with Gasteiger partial charge in [-0.1, -0.05) is 180 Å². The smallest absolute Gasteiger partial charge is 0.362 e. The molecule has 0 radical (unpaired) electrons. The quantitative estimate of drug-likeness (QED) is 0.0281. The molecule has 2 atom stereocenters. The first kappa shape index (κ1) is 62.7. The maximum absolute atomic E-state index is 12.8. The highest BCUT2D eigenvalue weighted by Gasteiger charge is 2.31. The molecule has 0 aliphatic carbocycles. The zero-order chi connectivity index (χ0) is 49.2. The minimum Gasteiger partial charge on any atom is -0.477 e. The van der Waals surface area contributed by atoms with Gasteiger partial charge >= 0.3 is 17.9 Å². The monoisotopic (exact) mass is 931 g/mol. The number of rotatable bonds is 45. The van der Waals surface area contributed by atoms with Crippen LogP contribution in [0.5, 0.6) is 0 Å². The lowest BCUT2D eigenvalue weighted by molar-refractivity contribution is -0.887. The number of carboxylic acid groups (broad SMARTS) is 1. The Labute approximate surface area is 410 Å². The van der Waals surface area contributed by atoms with Crippen molar-refractivity contribution in [2.24, 2.45) is 0 Å². The van der Waals surface area contributed by atoms with E-state index in [-0.39, 0.29) is 42.7 Å². The van der Waals surface area contributed by atoms with Crippen LogP contribution in [0.4, 0.5) is 0 Å². The van der Waals surface area contributed by atoms with Gasteiger partial charge in [-0.3, -0.25) is 9.59 Å². The predicted octanol–water partition coefficient (Wildman–Crippen LogP) is 15.4. The molecule has 0 rings (SSSR count). The van der Waals surface area contributed by atoms with Crippen LogP contribution in [0.2, 0.25) is 0 Å². The normalized spacial score (nSPS) is 13.9. The molecule has 0 saturated heterocycles. The van der Waals surface area contributed by atoms with Gasteiger partial charge in [0.05, 0.1) is 34.4 Å². The van der Waals surface area contributed by atoms with Crippen molar-refractivity contribution in [3.05, 3.63) is 122 Å². The molecule has 67 heavy (non-hydrogen) atoms. The minimum atomic E-state index is -0.886. The van der Waals surface area contributed by atoms with E-state index in [1.54, 1.807) is 0 Å². The molecule has 0 aromatic rings. The topological polar surface area (TPSA) is 99.1 Å². The number of likely N-dealkylation sites (N-methyl/N-ethyl adjacent to an activating group) is 1. The third-order valence-electron chi connectivity index (χ3n) is 10.9. The van der Waals surface area contributed by atoms with E-state index < -0.39 is 18.1 Å². The van der Waals surface area contributed by atoms with Crippen molar-refractivity contribution in [1.82, 2.24) is 0 Å². The second-order valence-corrected chi connectivity index (χ2v) is 18.0. The second-order valence-electron chi connectivity index (χ2n) is 18.0. The average Bonchev–Trinajstić information content (AvgIpc) is 3.29. The summed E-state index contributed by atoms with van der Waals surface area (Å²) in [5, 5.41) is 9.66. The van der Waals surface area contributed by atoms with Gasteiger partial charge in [0.15, 0.2) is 12.1 Å². The minimum absolute atomic E-state index is 0.0385. The second kappa shape index (κ2) is 48.2. The fourth-order valence-electron chi connectivity index (χ4n) is 6.91. The number of quaternary nitrogens is 1. The van der Waals surface area contributed by atoms with Crippen LogP contribution < -0.4 is 0 Å². The molecule has 0 spiro atoms. The molecular formula is C59H96NO7+. The number of aliphatic carboxylic acids is 1. The summed E-state index contributed by atoms with van der Waals surface area (Å²) in [4.78, 5) is 37.2. The fourth-order valence-corrected chi connectivity index (χ4v) is 6.91. The number of carboxylic acids is 1.